The summed E-state index contributed by atoms with van der Waals surface area (Å²) >= 11 is 0. The molecule has 0 bridgehead atoms. The highest BCUT2D eigenvalue weighted by molar-refractivity contribution is 5.64. The Morgan fingerprint density at radius 3 is 2.23 bits per heavy atom. The van der Waals surface area contributed by atoms with Crippen molar-refractivity contribution in [3.63, 3.8) is 0 Å². The Morgan fingerprint density at radius 1 is 1.03 bits per heavy atom. The molecule has 1 aromatic carbocycles. The molecule has 3 fully saturated rings. The molecule has 1 aromatic rings. The van der Waals surface area contributed by atoms with E-state index in [2.05, 4.69) is 15.1 Å². The maximum Gasteiger partial charge on any atom is 0.311 e. The SMILES string of the molecule is COc1cc(N2CCC(C3CCN(CC4CCNCC4)CC3)CC2)c(C)cc1[N+](=O)[O-]. The molecule has 0 radical (unpaired) electrons. The summed E-state index contributed by atoms with van der Waals surface area (Å²) in [5.74, 6) is 2.92. The maximum atomic E-state index is 11.3. The first kappa shape index (κ1) is 22.3. The lowest BCUT2D eigenvalue weighted by Gasteiger charge is -2.42. The first-order chi connectivity index (χ1) is 15.0. The largest absolute Gasteiger partial charge is 0.490 e. The van der Waals surface area contributed by atoms with Crippen molar-refractivity contribution in [3.05, 3.63) is 27.8 Å². The van der Waals surface area contributed by atoms with Crippen LogP contribution in [0.15, 0.2) is 12.1 Å². The van der Waals surface area contributed by atoms with Gasteiger partial charge in [0.15, 0.2) is 5.75 Å². The Kier molecular flexibility index (Phi) is 7.33. The number of nitrogens with zero attached hydrogens (tertiary/aromatic N) is 3. The van der Waals surface area contributed by atoms with E-state index >= 15 is 0 Å². The number of hydrogen-bond donors (Lipinski definition) is 1. The minimum atomic E-state index is -0.362. The van der Waals surface area contributed by atoms with Gasteiger partial charge >= 0.3 is 5.69 Å². The van der Waals surface area contributed by atoms with Crippen molar-refractivity contribution in [2.75, 3.05) is 57.8 Å². The van der Waals surface area contributed by atoms with Crippen LogP contribution in [0.4, 0.5) is 11.4 Å². The van der Waals surface area contributed by atoms with Gasteiger partial charge in [0.1, 0.15) is 0 Å². The molecule has 0 saturated carbocycles. The molecule has 3 saturated heterocycles. The topological polar surface area (TPSA) is 70.9 Å². The van der Waals surface area contributed by atoms with E-state index in [9.17, 15) is 10.1 Å². The van der Waals surface area contributed by atoms with E-state index in [4.69, 9.17) is 4.74 Å². The molecule has 172 valence electrons. The standard InChI is InChI=1S/C24H38N4O3/c1-18-15-23(28(29)30)24(31-2)16-22(18)27-13-7-21(8-14-27)20-5-11-26(12-6-20)17-19-3-9-25-10-4-19/h15-16,19-21,25H,3-14,17H2,1-2H3. The number of nitrogens with one attached hydrogen (secondary N) is 1. The van der Waals surface area contributed by atoms with Crippen molar-refractivity contribution in [1.82, 2.24) is 10.2 Å². The van der Waals surface area contributed by atoms with Gasteiger partial charge in [-0.2, -0.15) is 0 Å². The average Bonchev–Trinajstić information content (AvgIpc) is 2.80. The molecule has 0 atom stereocenters. The predicted octanol–water partition coefficient (Wildman–Crippen LogP) is 3.84. The Bertz CT molecular complexity index is 749. The van der Waals surface area contributed by atoms with Crippen molar-refractivity contribution in [2.45, 2.75) is 45.4 Å². The van der Waals surface area contributed by atoms with Crippen LogP contribution in [0.2, 0.25) is 0 Å². The number of anilines is 1. The first-order valence-electron chi connectivity index (χ1n) is 12.1. The van der Waals surface area contributed by atoms with Crippen LogP contribution in [0.25, 0.3) is 0 Å². The number of ether oxygens (including phenoxy) is 1. The van der Waals surface area contributed by atoms with Gasteiger partial charge in [-0.25, -0.2) is 0 Å². The van der Waals surface area contributed by atoms with Crippen molar-refractivity contribution in [1.29, 1.82) is 0 Å². The molecular formula is C24H38N4O3. The van der Waals surface area contributed by atoms with Crippen LogP contribution in [0, 0.1) is 34.8 Å². The molecule has 3 aliphatic rings. The second kappa shape index (κ2) is 10.2. The summed E-state index contributed by atoms with van der Waals surface area (Å²) in [6.07, 6.45) is 7.81. The van der Waals surface area contributed by atoms with E-state index in [0.717, 1.165) is 42.1 Å². The van der Waals surface area contributed by atoms with Gasteiger partial charge in [0, 0.05) is 37.5 Å². The van der Waals surface area contributed by atoms with Crippen LogP contribution in [-0.2, 0) is 0 Å². The third-order valence-corrected chi connectivity index (χ3v) is 7.85. The van der Waals surface area contributed by atoms with E-state index in [0.29, 0.717) is 5.75 Å². The van der Waals surface area contributed by atoms with Crippen LogP contribution in [0.3, 0.4) is 0 Å². The summed E-state index contributed by atoms with van der Waals surface area (Å²) in [7, 11) is 1.51. The fourth-order valence-corrected chi connectivity index (χ4v) is 5.96. The van der Waals surface area contributed by atoms with Crippen LogP contribution in [0.5, 0.6) is 5.75 Å². The smallest absolute Gasteiger partial charge is 0.311 e. The minimum Gasteiger partial charge on any atom is -0.490 e. The lowest BCUT2D eigenvalue weighted by Crippen LogP contribution is -2.43. The molecule has 3 aliphatic heterocycles. The van der Waals surface area contributed by atoms with Crippen molar-refractivity contribution >= 4 is 11.4 Å². The molecule has 0 amide bonds. The maximum absolute atomic E-state index is 11.3. The second-order valence-electron chi connectivity index (χ2n) is 9.72. The molecule has 7 heteroatoms. The molecule has 3 heterocycles. The summed E-state index contributed by atoms with van der Waals surface area (Å²) in [4.78, 5) is 16.0. The molecule has 0 aromatic heterocycles. The number of likely N-dealkylation sites (tertiary alicyclic amines) is 1. The Balaban J connectivity index is 1.28. The summed E-state index contributed by atoms with van der Waals surface area (Å²) < 4.78 is 5.30. The van der Waals surface area contributed by atoms with Gasteiger partial charge in [-0.3, -0.25) is 10.1 Å². The lowest BCUT2D eigenvalue weighted by atomic mass is 9.78. The van der Waals surface area contributed by atoms with Gasteiger partial charge in [-0.05, 0) is 94.9 Å². The van der Waals surface area contributed by atoms with E-state index in [1.807, 2.05) is 13.0 Å². The summed E-state index contributed by atoms with van der Waals surface area (Å²) in [5.41, 5.74) is 2.09. The van der Waals surface area contributed by atoms with E-state index in [1.54, 1.807) is 6.07 Å². The quantitative estimate of drug-likeness (QED) is 0.546. The highest BCUT2D eigenvalue weighted by atomic mass is 16.6. The normalized spacial score (nSPS) is 22.6. The number of piperidine rings is 3. The first-order valence-corrected chi connectivity index (χ1v) is 12.1. The number of hydrogen-bond acceptors (Lipinski definition) is 6. The molecule has 7 nitrogen and oxygen atoms in total. The Labute approximate surface area is 186 Å². The van der Waals surface area contributed by atoms with Crippen LogP contribution in [0.1, 0.15) is 44.1 Å². The van der Waals surface area contributed by atoms with Gasteiger partial charge in [-0.1, -0.05) is 0 Å². The van der Waals surface area contributed by atoms with Crippen LogP contribution < -0.4 is 15.0 Å². The predicted molar refractivity (Wildman–Crippen MR) is 124 cm³/mol. The zero-order valence-corrected chi connectivity index (χ0v) is 19.1. The molecule has 0 aliphatic carbocycles. The average molecular weight is 431 g/mol. The van der Waals surface area contributed by atoms with Gasteiger partial charge in [0.05, 0.1) is 12.0 Å². The number of benzene rings is 1. The number of nitro benzene ring substituents is 1. The third-order valence-electron chi connectivity index (χ3n) is 7.85. The molecule has 4 rings (SSSR count). The van der Waals surface area contributed by atoms with Crippen molar-refractivity contribution < 1.29 is 9.66 Å². The molecule has 0 spiro atoms. The third kappa shape index (κ3) is 5.32. The van der Waals surface area contributed by atoms with E-state index in [-0.39, 0.29) is 10.6 Å². The fraction of sp³-hybridized carbons (Fsp3) is 0.750. The number of rotatable bonds is 6. The zero-order valence-electron chi connectivity index (χ0n) is 19.1. The van der Waals surface area contributed by atoms with E-state index in [1.165, 1.54) is 78.4 Å². The van der Waals surface area contributed by atoms with Gasteiger partial charge in [0.25, 0.3) is 0 Å². The van der Waals surface area contributed by atoms with Crippen molar-refractivity contribution in [2.24, 2.45) is 17.8 Å². The fourth-order valence-electron chi connectivity index (χ4n) is 5.96. The highest BCUT2D eigenvalue weighted by Gasteiger charge is 2.31. The second-order valence-corrected chi connectivity index (χ2v) is 9.72. The molecule has 1 N–H and O–H groups in total. The minimum absolute atomic E-state index is 0.0508. The lowest BCUT2D eigenvalue weighted by molar-refractivity contribution is -0.385. The molecular weight excluding hydrogens is 392 g/mol. The Hall–Kier alpha value is -1.86. The zero-order chi connectivity index (χ0) is 21.8. The monoisotopic (exact) mass is 430 g/mol. The summed E-state index contributed by atoms with van der Waals surface area (Å²) in [6, 6.07) is 3.51. The van der Waals surface area contributed by atoms with E-state index < -0.39 is 0 Å². The number of nitro groups is 1. The van der Waals surface area contributed by atoms with Crippen molar-refractivity contribution in [3.8, 4) is 5.75 Å². The summed E-state index contributed by atoms with van der Waals surface area (Å²) in [6.45, 7) is 10.3. The Morgan fingerprint density at radius 2 is 1.65 bits per heavy atom. The van der Waals surface area contributed by atoms with Gasteiger partial charge < -0.3 is 19.9 Å². The van der Waals surface area contributed by atoms with Gasteiger partial charge in [-0.15, -0.1) is 0 Å². The van der Waals surface area contributed by atoms with Gasteiger partial charge in [0.2, 0.25) is 0 Å². The number of aryl methyl sites for hydroxylation is 1. The highest BCUT2D eigenvalue weighted by Crippen LogP contribution is 2.38. The van der Waals surface area contributed by atoms with Crippen LogP contribution in [-0.4, -0.2) is 62.7 Å². The summed E-state index contributed by atoms with van der Waals surface area (Å²) in [5, 5.41) is 14.8. The molecule has 0 unspecified atom stereocenters. The molecule has 31 heavy (non-hydrogen) atoms. The number of methoxy groups -OCH3 is 1. The van der Waals surface area contributed by atoms with Crippen LogP contribution >= 0.6 is 0 Å².